The van der Waals surface area contributed by atoms with Gasteiger partial charge in [-0.2, -0.15) is 0 Å². The van der Waals surface area contributed by atoms with Crippen molar-refractivity contribution in [3.05, 3.63) is 59.4 Å². The topological polar surface area (TPSA) is 26.0 Å². The van der Waals surface area contributed by atoms with Gasteiger partial charge in [0.25, 0.3) is 0 Å². The summed E-state index contributed by atoms with van der Waals surface area (Å²) in [5.74, 6) is 0. The van der Waals surface area contributed by atoms with Gasteiger partial charge in [-0.25, -0.2) is 0 Å². The maximum absolute atomic E-state index is 5.60. The van der Waals surface area contributed by atoms with Gasteiger partial charge in [-0.3, -0.25) is 0 Å². The lowest BCUT2D eigenvalue weighted by molar-refractivity contribution is 0.952. The summed E-state index contributed by atoms with van der Waals surface area (Å²) >= 11 is 0. The molecule has 24 heavy (non-hydrogen) atoms. The summed E-state index contributed by atoms with van der Waals surface area (Å²) < 4.78 is 0. The van der Waals surface area contributed by atoms with Crippen molar-refractivity contribution in [2.24, 2.45) is 5.73 Å². The van der Waals surface area contributed by atoms with Gasteiger partial charge in [0.2, 0.25) is 0 Å². The second-order valence-corrected chi connectivity index (χ2v) is 5.14. The molecule has 0 saturated heterocycles. The first-order chi connectivity index (χ1) is 11.5. The maximum atomic E-state index is 5.60. The standard InChI is InChI=1S/C11H19N.C8H12.2C2H6/c1-4-6-8-11(10(3)12)9-7-5-2;1-7-5-3-4-6-8(7)2;2*1-2/h6,8-9H,3-5,7,12H2,1-2H3;5-6H,3-4H2,1-2H3;2*1-2H3/b8-6-,11-9+;;;. The van der Waals surface area contributed by atoms with E-state index in [4.69, 9.17) is 5.73 Å². The average Bonchev–Trinajstić information content (AvgIpc) is 2.61. The third-order valence-electron chi connectivity index (χ3n) is 3.25. The van der Waals surface area contributed by atoms with Crippen molar-refractivity contribution in [3.63, 3.8) is 0 Å². The highest BCUT2D eigenvalue weighted by molar-refractivity contribution is 5.35. The Morgan fingerprint density at radius 3 is 1.79 bits per heavy atom. The number of unbranched alkanes of at least 4 members (excludes halogenated alkanes) is 1. The Hall–Kier alpha value is -1.50. The Morgan fingerprint density at radius 2 is 1.50 bits per heavy atom. The largest absolute Gasteiger partial charge is 0.399 e. The predicted molar refractivity (Wildman–Crippen MR) is 115 cm³/mol. The minimum Gasteiger partial charge on any atom is -0.399 e. The monoisotopic (exact) mass is 333 g/mol. The molecular weight excluding hydrogens is 290 g/mol. The fourth-order valence-corrected chi connectivity index (χ4v) is 1.77. The van der Waals surface area contributed by atoms with Gasteiger partial charge in [0.15, 0.2) is 0 Å². The van der Waals surface area contributed by atoms with Crippen molar-refractivity contribution in [2.75, 3.05) is 0 Å². The van der Waals surface area contributed by atoms with Crippen LogP contribution in [0, 0.1) is 0 Å². The van der Waals surface area contributed by atoms with Crippen molar-refractivity contribution in [1.82, 2.24) is 0 Å². The van der Waals surface area contributed by atoms with Crippen LogP contribution in [0.2, 0.25) is 0 Å². The molecule has 1 rings (SSSR count). The first-order valence-corrected chi connectivity index (χ1v) is 9.68. The first-order valence-electron chi connectivity index (χ1n) is 9.68. The molecule has 0 radical (unpaired) electrons. The molecule has 0 unspecified atom stereocenters. The zero-order valence-electron chi connectivity index (χ0n) is 17.7. The molecule has 0 fully saturated rings. The van der Waals surface area contributed by atoms with Crippen LogP contribution in [-0.4, -0.2) is 0 Å². The summed E-state index contributed by atoms with van der Waals surface area (Å²) in [4.78, 5) is 0. The molecule has 1 heteroatoms. The molecule has 0 aliphatic heterocycles. The van der Waals surface area contributed by atoms with E-state index in [9.17, 15) is 0 Å². The summed E-state index contributed by atoms with van der Waals surface area (Å²) in [5.41, 5.74) is 10.2. The van der Waals surface area contributed by atoms with E-state index in [1.807, 2.05) is 33.8 Å². The minimum atomic E-state index is 0.660. The van der Waals surface area contributed by atoms with Crippen molar-refractivity contribution in [1.29, 1.82) is 0 Å². The quantitative estimate of drug-likeness (QED) is 0.509. The van der Waals surface area contributed by atoms with E-state index in [1.54, 1.807) is 0 Å². The molecule has 0 saturated carbocycles. The van der Waals surface area contributed by atoms with Crippen LogP contribution in [0.4, 0.5) is 0 Å². The molecule has 1 aliphatic rings. The van der Waals surface area contributed by atoms with Crippen molar-refractivity contribution >= 4 is 0 Å². The van der Waals surface area contributed by atoms with E-state index < -0.39 is 0 Å². The number of rotatable bonds is 5. The first kappa shape index (κ1) is 27.4. The lowest BCUT2D eigenvalue weighted by Gasteiger charge is -2.05. The molecule has 0 spiro atoms. The van der Waals surface area contributed by atoms with Gasteiger partial charge in [-0.15, -0.1) is 0 Å². The number of hydrogen-bond donors (Lipinski definition) is 1. The summed E-state index contributed by atoms with van der Waals surface area (Å²) in [5, 5.41) is 0. The molecule has 1 aliphatic carbocycles. The fraction of sp³-hybridized carbons (Fsp3) is 0.565. The van der Waals surface area contributed by atoms with Gasteiger partial charge in [0.1, 0.15) is 0 Å². The number of nitrogens with two attached hydrogens (primary N) is 1. The molecule has 0 aromatic carbocycles. The van der Waals surface area contributed by atoms with Crippen LogP contribution in [0.1, 0.15) is 87.5 Å². The van der Waals surface area contributed by atoms with Gasteiger partial charge >= 0.3 is 0 Å². The van der Waals surface area contributed by atoms with Crippen molar-refractivity contribution < 1.29 is 0 Å². The Bertz CT molecular complexity index is 388. The summed E-state index contributed by atoms with van der Waals surface area (Å²) in [7, 11) is 0. The smallest absolute Gasteiger partial charge is 0.0311 e. The Kier molecular flexibility index (Phi) is 24.5. The summed E-state index contributed by atoms with van der Waals surface area (Å²) in [6, 6.07) is 0. The number of hydrogen-bond acceptors (Lipinski definition) is 1. The van der Waals surface area contributed by atoms with Gasteiger partial charge in [0.05, 0.1) is 0 Å². The lowest BCUT2D eigenvalue weighted by atomic mass is 10.0. The maximum Gasteiger partial charge on any atom is 0.0311 e. The minimum absolute atomic E-state index is 0.660. The Morgan fingerprint density at radius 1 is 1.04 bits per heavy atom. The van der Waals surface area contributed by atoms with Crippen LogP contribution < -0.4 is 5.73 Å². The van der Waals surface area contributed by atoms with Crippen LogP contribution in [0.3, 0.4) is 0 Å². The van der Waals surface area contributed by atoms with Gasteiger partial charge in [-0.1, -0.05) is 96.1 Å². The van der Waals surface area contributed by atoms with Gasteiger partial charge in [-0.05, 0) is 45.1 Å². The zero-order chi connectivity index (χ0) is 19.4. The van der Waals surface area contributed by atoms with E-state index >= 15 is 0 Å². The third-order valence-corrected chi connectivity index (χ3v) is 3.25. The van der Waals surface area contributed by atoms with E-state index in [-0.39, 0.29) is 0 Å². The average molecular weight is 334 g/mol. The highest BCUT2D eigenvalue weighted by atomic mass is 14.6. The van der Waals surface area contributed by atoms with E-state index in [2.05, 4.69) is 58.6 Å². The van der Waals surface area contributed by atoms with Crippen LogP contribution >= 0.6 is 0 Å². The van der Waals surface area contributed by atoms with Crippen LogP contribution in [0.15, 0.2) is 59.4 Å². The van der Waals surface area contributed by atoms with Crippen LogP contribution in [0.5, 0.6) is 0 Å². The Balaban J connectivity index is -0.000000317. The van der Waals surface area contributed by atoms with Gasteiger partial charge < -0.3 is 5.73 Å². The number of allylic oxidation sites excluding steroid dienone is 7. The molecule has 1 nitrogen and oxygen atoms in total. The highest BCUT2D eigenvalue weighted by Gasteiger charge is 1.95. The predicted octanol–water partition coefficient (Wildman–Crippen LogP) is 7.88. The molecule has 0 aromatic heterocycles. The molecule has 0 aromatic rings. The van der Waals surface area contributed by atoms with Gasteiger partial charge in [0, 0.05) is 5.70 Å². The highest BCUT2D eigenvalue weighted by Crippen LogP contribution is 2.16. The molecular formula is C23H43N. The third kappa shape index (κ3) is 16.9. The molecule has 0 atom stereocenters. The van der Waals surface area contributed by atoms with Crippen molar-refractivity contribution in [3.8, 4) is 0 Å². The molecule has 140 valence electrons. The fourth-order valence-electron chi connectivity index (χ4n) is 1.77. The van der Waals surface area contributed by atoms with Crippen LogP contribution in [0.25, 0.3) is 0 Å². The second kappa shape index (κ2) is 21.5. The Labute approximate surface area is 153 Å². The van der Waals surface area contributed by atoms with E-state index in [1.165, 1.54) is 24.0 Å². The van der Waals surface area contributed by atoms with E-state index in [0.29, 0.717) is 5.70 Å². The molecule has 2 N–H and O–H groups in total. The molecule has 0 heterocycles. The summed E-state index contributed by atoms with van der Waals surface area (Å²) in [6.45, 7) is 20.3. The lowest BCUT2D eigenvalue weighted by Crippen LogP contribution is -1.96. The zero-order valence-corrected chi connectivity index (χ0v) is 17.7. The van der Waals surface area contributed by atoms with E-state index in [0.717, 1.165) is 24.8 Å². The van der Waals surface area contributed by atoms with Crippen LogP contribution in [-0.2, 0) is 0 Å². The molecule has 0 amide bonds. The SMILES string of the molecule is C=C(N)C(/C=C\CC)=C/CCC.CC.CC.CC1=CCCC=C1C. The molecule has 0 bridgehead atoms. The normalized spacial score (nSPS) is 13.2. The second-order valence-electron chi connectivity index (χ2n) is 5.14. The van der Waals surface area contributed by atoms with Crippen molar-refractivity contribution in [2.45, 2.75) is 87.5 Å². The summed E-state index contributed by atoms with van der Waals surface area (Å²) in [6.07, 6.45) is 16.6.